The number of carbonyl (C=O) groups excluding carboxylic acids is 1. The highest BCUT2D eigenvalue weighted by Gasteiger charge is 2.03. The van der Waals surface area contributed by atoms with Crippen molar-refractivity contribution in [1.29, 1.82) is 0 Å². The molecule has 1 aromatic carbocycles. The van der Waals surface area contributed by atoms with Crippen molar-refractivity contribution < 1.29 is 22.1 Å². The zero-order chi connectivity index (χ0) is 14.1. The summed E-state index contributed by atoms with van der Waals surface area (Å²) in [6.07, 6.45) is 0.979. The second kappa shape index (κ2) is 7.88. The van der Waals surface area contributed by atoms with Gasteiger partial charge in [-0.3, -0.25) is 8.98 Å². The van der Waals surface area contributed by atoms with Crippen LogP contribution in [0, 0.1) is 0 Å². The quantitative estimate of drug-likeness (QED) is 0.553. The molecule has 106 valence electrons. The molecule has 0 heterocycles. The molecule has 6 nitrogen and oxygen atoms in total. The van der Waals surface area contributed by atoms with Gasteiger partial charge in [-0.15, -0.1) is 0 Å². The predicted molar refractivity (Wildman–Crippen MR) is 70.4 cm³/mol. The molecule has 0 radical (unpaired) electrons. The summed E-state index contributed by atoms with van der Waals surface area (Å²) in [6.45, 7) is 0.790. The Bertz CT molecular complexity index is 486. The van der Waals surface area contributed by atoms with Gasteiger partial charge in [0.25, 0.3) is 16.0 Å². The maximum absolute atomic E-state index is 11.6. The number of nitrogens with one attached hydrogen (secondary N) is 1. The first-order valence-electron chi connectivity index (χ1n) is 5.74. The molecule has 0 spiro atoms. The molecule has 0 aromatic heterocycles. The van der Waals surface area contributed by atoms with Crippen molar-refractivity contribution in [1.82, 2.24) is 5.32 Å². The Kier molecular flexibility index (Phi) is 6.48. The zero-order valence-electron chi connectivity index (χ0n) is 10.7. The van der Waals surface area contributed by atoms with E-state index in [9.17, 15) is 13.2 Å². The van der Waals surface area contributed by atoms with Gasteiger partial charge in [-0.05, 0) is 12.1 Å². The minimum atomic E-state index is -3.42. The summed E-state index contributed by atoms with van der Waals surface area (Å²) in [5.74, 6) is -0.170. The summed E-state index contributed by atoms with van der Waals surface area (Å²) in [5.41, 5.74) is 0.586. The van der Waals surface area contributed by atoms with Crippen LogP contribution in [0.15, 0.2) is 30.3 Å². The lowest BCUT2D eigenvalue weighted by Gasteiger charge is -2.06. The van der Waals surface area contributed by atoms with Crippen molar-refractivity contribution in [2.24, 2.45) is 0 Å². The average Bonchev–Trinajstić information content (AvgIpc) is 2.37. The second-order valence-electron chi connectivity index (χ2n) is 3.76. The van der Waals surface area contributed by atoms with Crippen molar-refractivity contribution in [3.05, 3.63) is 35.9 Å². The van der Waals surface area contributed by atoms with Crippen LogP contribution in [0.25, 0.3) is 0 Å². The van der Waals surface area contributed by atoms with E-state index in [1.165, 1.54) is 0 Å². The van der Waals surface area contributed by atoms with Gasteiger partial charge in [-0.25, -0.2) is 0 Å². The maximum Gasteiger partial charge on any atom is 0.264 e. The van der Waals surface area contributed by atoms with Gasteiger partial charge >= 0.3 is 0 Å². The van der Waals surface area contributed by atoms with Crippen LogP contribution < -0.4 is 5.32 Å². The summed E-state index contributed by atoms with van der Waals surface area (Å²) < 4.78 is 30.9. The molecule has 0 aliphatic rings. The van der Waals surface area contributed by atoms with E-state index in [2.05, 4.69) is 9.50 Å². The minimum absolute atomic E-state index is 0.0224. The summed E-state index contributed by atoms with van der Waals surface area (Å²) in [7, 11) is -3.42. The molecule has 0 fully saturated rings. The monoisotopic (exact) mass is 287 g/mol. The van der Waals surface area contributed by atoms with E-state index in [-0.39, 0.29) is 19.1 Å². The van der Waals surface area contributed by atoms with E-state index in [0.29, 0.717) is 18.7 Å². The fraction of sp³-hybridized carbons (Fsp3) is 0.417. The minimum Gasteiger partial charge on any atom is -0.377 e. The summed E-state index contributed by atoms with van der Waals surface area (Å²) in [4.78, 5) is 11.6. The molecule has 0 aliphatic carbocycles. The van der Waals surface area contributed by atoms with Crippen LogP contribution >= 0.6 is 0 Å². The highest BCUT2D eigenvalue weighted by atomic mass is 32.2. The van der Waals surface area contributed by atoms with Gasteiger partial charge in [0.1, 0.15) is 0 Å². The number of rotatable bonds is 8. The van der Waals surface area contributed by atoms with Crippen molar-refractivity contribution in [2.75, 3.05) is 32.6 Å². The van der Waals surface area contributed by atoms with E-state index >= 15 is 0 Å². The van der Waals surface area contributed by atoms with E-state index in [1.807, 2.05) is 6.07 Å². The van der Waals surface area contributed by atoms with Crippen LogP contribution in [0.5, 0.6) is 0 Å². The van der Waals surface area contributed by atoms with Crippen molar-refractivity contribution in [3.8, 4) is 0 Å². The average molecular weight is 287 g/mol. The third-order valence-electron chi connectivity index (χ3n) is 2.09. The van der Waals surface area contributed by atoms with Crippen LogP contribution in [0.2, 0.25) is 0 Å². The third-order valence-corrected chi connectivity index (χ3v) is 2.69. The Balaban J connectivity index is 2.07. The lowest BCUT2D eigenvalue weighted by atomic mass is 10.2. The largest absolute Gasteiger partial charge is 0.377 e. The third kappa shape index (κ3) is 7.55. The van der Waals surface area contributed by atoms with E-state index in [0.717, 1.165) is 6.26 Å². The Morgan fingerprint density at radius 2 is 1.84 bits per heavy atom. The first-order chi connectivity index (χ1) is 8.99. The zero-order valence-corrected chi connectivity index (χ0v) is 11.5. The molecule has 1 amide bonds. The Morgan fingerprint density at radius 3 is 2.47 bits per heavy atom. The number of benzene rings is 1. The highest BCUT2D eigenvalue weighted by molar-refractivity contribution is 7.85. The standard InChI is InChI=1S/C12H17NO5S/c1-19(15,16)18-10-9-17-8-7-13-12(14)11-5-3-2-4-6-11/h2-6H,7-10H2,1H3,(H,13,14). The molecular formula is C12H17NO5S. The van der Waals surface area contributed by atoms with Crippen LogP contribution in [0.3, 0.4) is 0 Å². The molecule has 0 saturated heterocycles. The lowest BCUT2D eigenvalue weighted by molar-refractivity contribution is 0.0874. The number of hydrogen-bond donors (Lipinski definition) is 1. The van der Waals surface area contributed by atoms with E-state index in [4.69, 9.17) is 4.74 Å². The molecule has 0 bridgehead atoms. The van der Waals surface area contributed by atoms with Gasteiger partial charge in [0.15, 0.2) is 0 Å². The van der Waals surface area contributed by atoms with Crippen LogP contribution in [0.1, 0.15) is 10.4 Å². The van der Waals surface area contributed by atoms with E-state index in [1.54, 1.807) is 24.3 Å². The molecule has 0 saturated carbocycles. The number of ether oxygens (including phenoxy) is 1. The van der Waals surface area contributed by atoms with Crippen molar-refractivity contribution in [3.63, 3.8) is 0 Å². The topological polar surface area (TPSA) is 81.7 Å². The van der Waals surface area contributed by atoms with Gasteiger partial charge in [0, 0.05) is 12.1 Å². The smallest absolute Gasteiger partial charge is 0.264 e. The Labute approximate surface area is 112 Å². The van der Waals surface area contributed by atoms with Gasteiger partial charge in [-0.2, -0.15) is 8.42 Å². The van der Waals surface area contributed by atoms with Gasteiger partial charge in [-0.1, -0.05) is 18.2 Å². The first kappa shape index (κ1) is 15.6. The number of carbonyl (C=O) groups is 1. The van der Waals surface area contributed by atoms with Crippen molar-refractivity contribution in [2.45, 2.75) is 0 Å². The van der Waals surface area contributed by atoms with Gasteiger partial charge in [0.05, 0.1) is 26.1 Å². The molecule has 1 aromatic rings. The fourth-order valence-corrected chi connectivity index (χ4v) is 1.65. The van der Waals surface area contributed by atoms with Crippen LogP contribution in [-0.4, -0.2) is 46.9 Å². The summed E-state index contributed by atoms with van der Waals surface area (Å²) in [5, 5.41) is 2.68. The van der Waals surface area contributed by atoms with Gasteiger partial charge in [0.2, 0.25) is 0 Å². The predicted octanol–water partition coefficient (Wildman–Crippen LogP) is 0.409. The molecule has 19 heavy (non-hydrogen) atoms. The first-order valence-corrected chi connectivity index (χ1v) is 7.56. The van der Waals surface area contributed by atoms with E-state index < -0.39 is 10.1 Å². The highest BCUT2D eigenvalue weighted by Crippen LogP contribution is 1.97. The molecule has 1 rings (SSSR count). The Hall–Kier alpha value is -1.44. The summed E-state index contributed by atoms with van der Waals surface area (Å²) >= 11 is 0. The lowest BCUT2D eigenvalue weighted by Crippen LogP contribution is -2.27. The van der Waals surface area contributed by atoms with Crippen LogP contribution in [-0.2, 0) is 19.0 Å². The molecule has 0 atom stereocenters. The molecular weight excluding hydrogens is 270 g/mol. The van der Waals surface area contributed by atoms with Crippen LogP contribution in [0.4, 0.5) is 0 Å². The summed E-state index contributed by atoms with van der Waals surface area (Å²) in [6, 6.07) is 8.84. The number of hydrogen-bond acceptors (Lipinski definition) is 5. The van der Waals surface area contributed by atoms with Gasteiger partial charge < -0.3 is 10.1 Å². The molecule has 0 aliphatic heterocycles. The molecule has 0 unspecified atom stereocenters. The SMILES string of the molecule is CS(=O)(=O)OCCOCCNC(=O)c1ccccc1. The molecule has 7 heteroatoms. The molecule has 1 N–H and O–H groups in total. The normalized spacial score (nSPS) is 11.2. The number of amides is 1. The fourth-order valence-electron chi connectivity index (χ4n) is 1.27. The second-order valence-corrected chi connectivity index (χ2v) is 5.40. The van der Waals surface area contributed by atoms with Crippen molar-refractivity contribution >= 4 is 16.0 Å². The maximum atomic E-state index is 11.6. The Morgan fingerprint density at radius 1 is 1.16 bits per heavy atom.